The van der Waals surface area contributed by atoms with E-state index in [2.05, 4.69) is 10.3 Å². The van der Waals surface area contributed by atoms with Crippen molar-refractivity contribution in [2.45, 2.75) is 6.04 Å². The lowest BCUT2D eigenvalue weighted by Gasteiger charge is -2.25. The molecule has 25 heavy (non-hydrogen) atoms. The maximum absolute atomic E-state index is 13.1. The second-order valence-corrected chi connectivity index (χ2v) is 6.13. The number of hydrogen-bond acceptors (Lipinski definition) is 3. The van der Waals surface area contributed by atoms with E-state index in [9.17, 15) is 9.18 Å². The molecule has 1 heterocycles. The number of halogens is 1. The molecule has 0 fully saturated rings. The van der Waals surface area contributed by atoms with E-state index >= 15 is 0 Å². The first-order valence-corrected chi connectivity index (χ1v) is 8.10. The third-order valence-electron chi connectivity index (χ3n) is 4.17. The number of nitrogens with one attached hydrogen (secondary N) is 1. The van der Waals surface area contributed by atoms with Gasteiger partial charge in [0, 0.05) is 11.9 Å². The van der Waals surface area contributed by atoms with E-state index in [1.54, 1.807) is 18.2 Å². The third kappa shape index (κ3) is 4.00. The van der Waals surface area contributed by atoms with Gasteiger partial charge in [0.15, 0.2) is 0 Å². The van der Waals surface area contributed by atoms with Crippen molar-refractivity contribution >= 4 is 16.8 Å². The van der Waals surface area contributed by atoms with Crippen LogP contribution in [0.4, 0.5) is 4.39 Å². The van der Waals surface area contributed by atoms with Crippen molar-refractivity contribution < 1.29 is 9.18 Å². The van der Waals surface area contributed by atoms with Crippen LogP contribution >= 0.6 is 0 Å². The van der Waals surface area contributed by atoms with Gasteiger partial charge in [0.25, 0.3) is 5.91 Å². The predicted molar refractivity (Wildman–Crippen MR) is 96.9 cm³/mol. The molecule has 0 unspecified atom stereocenters. The van der Waals surface area contributed by atoms with Crippen LogP contribution in [0, 0.1) is 5.82 Å². The number of rotatable bonds is 5. The summed E-state index contributed by atoms with van der Waals surface area (Å²) in [5.41, 5.74) is 2.12. The van der Waals surface area contributed by atoms with Crippen LogP contribution in [-0.4, -0.2) is 36.4 Å². The molecule has 0 aliphatic carbocycles. The van der Waals surface area contributed by atoms with Crippen molar-refractivity contribution in [3.63, 3.8) is 0 Å². The van der Waals surface area contributed by atoms with Gasteiger partial charge in [-0.15, -0.1) is 0 Å². The number of nitrogens with zero attached hydrogens (tertiary/aromatic N) is 2. The number of likely N-dealkylation sites (N-methyl/N-ethyl adjacent to an activating group) is 1. The number of amides is 1. The summed E-state index contributed by atoms with van der Waals surface area (Å²) < 4.78 is 13.1. The highest BCUT2D eigenvalue weighted by atomic mass is 19.1. The molecule has 0 aliphatic heterocycles. The van der Waals surface area contributed by atoms with E-state index < -0.39 is 0 Å². The summed E-state index contributed by atoms with van der Waals surface area (Å²) in [6, 6.07) is 17.6. The zero-order valence-electron chi connectivity index (χ0n) is 14.2. The van der Waals surface area contributed by atoms with Crippen LogP contribution in [0.1, 0.15) is 22.1 Å². The highest BCUT2D eigenvalue weighted by molar-refractivity contribution is 5.94. The number of benzene rings is 2. The Hall–Kier alpha value is -2.79. The predicted octanol–water partition coefficient (Wildman–Crippen LogP) is 3.41. The molecule has 0 bridgehead atoms. The fourth-order valence-electron chi connectivity index (χ4n) is 2.76. The van der Waals surface area contributed by atoms with Crippen molar-refractivity contribution in [1.82, 2.24) is 15.2 Å². The van der Waals surface area contributed by atoms with Gasteiger partial charge in [-0.05, 0) is 43.9 Å². The van der Waals surface area contributed by atoms with E-state index in [1.165, 1.54) is 12.1 Å². The number of hydrogen-bond donors (Lipinski definition) is 1. The second-order valence-electron chi connectivity index (χ2n) is 6.13. The van der Waals surface area contributed by atoms with E-state index in [0.29, 0.717) is 12.2 Å². The monoisotopic (exact) mass is 337 g/mol. The van der Waals surface area contributed by atoms with Gasteiger partial charge in [0.05, 0.1) is 11.6 Å². The van der Waals surface area contributed by atoms with Gasteiger partial charge in [-0.2, -0.15) is 0 Å². The number of fused-ring (bicyclic) bond motifs is 1. The van der Waals surface area contributed by atoms with Crippen LogP contribution in [0.25, 0.3) is 10.9 Å². The van der Waals surface area contributed by atoms with Gasteiger partial charge in [0.2, 0.25) is 0 Å². The Balaban J connectivity index is 1.73. The zero-order chi connectivity index (χ0) is 17.8. The molecule has 1 atom stereocenters. The van der Waals surface area contributed by atoms with Crippen molar-refractivity contribution in [2.75, 3.05) is 20.6 Å². The quantitative estimate of drug-likeness (QED) is 0.776. The van der Waals surface area contributed by atoms with Crippen molar-refractivity contribution in [2.24, 2.45) is 0 Å². The summed E-state index contributed by atoms with van der Waals surface area (Å²) in [6.45, 7) is 0.409. The second kappa shape index (κ2) is 7.40. The third-order valence-corrected chi connectivity index (χ3v) is 4.17. The van der Waals surface area contributed by atoms with Gasteiger partial charge in [-0.25, -0.2) is 9.37 Å². The van der Waals surface area contributed by atoms with E-state index in [1.807, 2.05) is 49.3 Å². The maximum Gasteiger partial charge on any atom is 0.269 e. The molecule has 3 aromatic rings. The molecule has 0 saturated heterocycles. The van der Waals surface area contributed by atoms with Gasteiger partial charge < -0.3 is 10.2 Å². The Morgan fingerprint density at radius 3 is 2.52 bits per heavy atom. The Morgan fingerprint density at radius 1 is 1.08 bits per heavy atom. The molecule has 2 aromatic carbocycles. The summed E-state index contributed by atoms with van der Waals surface area (Å²) in [4.78, 5) is 18.8. The molecule has 0 aliphatic rings. The first-order chi connectivity index (χ1) is 12.0. The molecule has 0 radical (unpaired) electrons. The normalized spacial score (nSPS) is 12.3. The van der Waals surface area contributed by atoms with Crippen LogP contribution in [0.15, 0.2) is 60.7 Å². The smallest absolute Gasteiger partial charge is 0.269 e. The molecule has 1 aromatic heterocycles. The topological polar surface area (TPSA) is 45.2 Å². The molecular formula is C20H20FN3O. The summed E-state index contributed by atoms with van der Waals surface area (Å²) in [7, 11) is 3.85. The zero-order valence-corrected chi connectivity index (χ0v) is 14.2. The summed E-state index contributed by atoms with van der Waals surface area (Å²) in [6.07, 6.45) is 0. The Bertz CT molecular complexity index is 878. The minimum atomic E-state index is -0.273. The highest BCUT2D eigenvalue weighted by Crippen LogP contribution is 2.18. The summed E-state index contributed by atoms with van der Waals surface area (Å²) in [5, 5.41) is 3.92. The molecule has 1 amide bonds. The van der Waals surface area contributed by atoms with Gasteiger partial charge in [-0.3, -0.25) is 4.79 Å². The SMILES string of the molecule is CN(C)[C@H](CNC(=O)c1ccc2ccccc2n1)c1ccc(F)cc1. The minimum absolute atomic E-state index is 0.0509. The molecule has 128 valence electrons. The largest absolute Gasteiger partial charge is 0.349 e. The van der Waals surface area contributed by atoms with Gasteiger partial charge in [-0.1, -0.05) is 36.4 Å². The maximum atomic E-state index is 13.1. The Morgan fingerprint density at radius 2 is 1.80 bits per heavy atom. The van der Waals surface area contributed by atoms with Crippen LogP contribution in [0.3, 0.4) is 0 Å². The van der Waals surface area contributed by atoms with Crippen molar-refractivity contribution in [1.29, 1.82) is 0 Å². The van der Waals surface area contributed by atoms with Crippen LogP contribution < -0.4 is 5.32 Å². The summed E-state index contributed by atoms with van der Waals surface area (Å²) >= 11 is 0. The van der Waals surface area contributed by atoms with Crippen molar-refractivity contribution in [3.05, 3.63) is 77.7 Å². The fourth-order valence-corrected chi connectivity index (χ4v) is 2.76. The van der Waals surface area contributed by atoms with E-state index in [0.717, 1.165) is 16.5 Å². The van der Waals surface area contributed by atoms with Crippen molar-refractivity contribution in [3.8, 4) is 0 Å². The number of aromatic nitrogens is 1. The van der Waals surface area contributed by atoms with E-state index in [-0.39, 0.29) is 17.8 Å². The summed E-state index contributed by atoms with van der Waals surface area (Å²) in [5.74, 6) is -0.495. The molecular weight excluding hydrogens is 317 g/mol. The number of pyridine rings is 1. The standard InChI is InChI=1S/C20H20FN3O/c1-24(2)19(15-7-10-16(21)11-8-15)13-22-20(25)18-12-9-14-5-3-4-6-17(14)23-18/h3-12,19H,13H2,1-2H3,(H,22,25)/t19-/m1/s1. The highest BCUT2D eigenvalue weighted by Gasteiger charge is 2.16. The first kappa shape index (κ1) is 17.0. The molecule has 0 spiro atoms. The lowest BCUT2D eigenvalue weighted by Crippen LogP contribution is -2.34. The average Bonchev–Trinajstić information content (AvgIpc) is 2.62. The fraction of sp³-hybridized carbons (Fsp3) is 0.200. The minimum Gasteiger partial charge on any atom is -0.349 e. The lowest BCUT2D eigenvalue weighted by atomic mass is 10.1. The van der Waals surface area contributed by atoms with Crippen LogP contribution in [-0.2, 0) is 0 Å². The van der Waals surface area contributed by atoms with Gasteiger partial charge >= 0.3 is 0 Å². The molecule has 5 heteroatoms. The van der Waals surface area contributed by atoms with Crippen LogP contribution in [0.2, 0.25) is 0 Å². The first-order valence-electron chi connectivity index (χ1n) is 8.10. The Labute approximate surface area is 146 Å². The average molecular weight is 337 g/mol. The number of carbonyl (C=O) groups is 1. The van der Waals surface area contributed by atoms with Crippen LogP contribution in [0.5, 0.6) is 0 Å². The number of carbonyl (C=O) groups excluding carboxylic acids is 1. The molecule has 1 N–H and O–H groups in total. The van der Waals surface area contributed by atoms with Gasteiger partial charge in [0.1, 0.15) is 11.5 Å². The molecule has 4 nitrogen and oxygen atoms in total. The lowest BCUT2D eigenvalue weighted by molar-refractivity contribution is 0.0937. The number of para-hydroxylation sites is 1. The Kier molecular flexibility index (Phi) is 5.05. The van der Waals surface area contributed by atoms with E-state index in [4.69, 9.17) is 0 Å². The molecule has 0 saturated carbocycles. The molecule has 3 rings (SSSR count).